The molecule has 104 valence electrons. The monoisotopic (exact) mass is 284 g/mol. The minimum atomic E-state index is -0.0943. The van der Waals surface area contributed by atoms with Crippen LogP contribution in [0.25, 0.3) is 0 Å². The first-order valence-electron chi connectivity index (χ1n) is 6.34. The van der Waals surface area contributed by atoms with Crippen molar-refractivity contribution in [2.24, 2.45) is 0 Å². The zero-order valence-electron chi connectivity index (χ0n) is 10.6. The molecule has 0 spiro atoms. The second kappa shape index (κ2) is 6.84. The molecule has 0 saturated carbocycles. The lowest BCUT2D eigenvalue weighted by atomic mass is 10.1. The van der Waals surface area contributed by atoms with Gasteiger partial charge in [0.25, 0.3) is 5.91 Å². The minimum Gasteiger partial charge on any atom is -0.394 e. The Kier molecular flexibility index (Phi) is 5.13. The number of aliphatic hydroxyl groups is 1. The lowest BCUT2D eigenvalue weighted by Gasteiger charge is -2.31. The Labute approximate surface area is 117 Å². The van der Waals surface area contributed by atoms with Crippen molar-refractivity contribution < 1.29 is 14.6 Å². The normalized spacial score (nSPS) is 16.6. The standard InChI is InChI=1S/C13H17ClN2O3/c14-10-1-4-15-12(9-10)13(18)16-5-2-11(3-6-16)19-8-7-17/h1,4,9,11,17H,2-3,5-8H2. The first-order chi connectivity index (χ1) is 9.20. The molecule has 6 heteroatoms. The molecule has 0 aliphatic carbocycles. The molecular weight excluding hydrogens is 268 g/mol. The Balaban J connectivity index is 1.89. The van der Waals surface area contributed by atoms with Gasteiger partial charge in [-0.05, 0) is 25.0 Å². The fraction of sp³-hybridized carbons (Fsp3) is 0.538. The van der Waals surface area contributed by atoms with E-state index in [-0.39, 0.29) is 18.6 Å². The molecule has 1 aliphatic heterocycles. The van der Waals surface area contributed by atoms with Gasteiger partial charge in [-0.2, -0.15) is 0 Å². The van der Waals surface area contributed by atoms with Crippen LogP contribution >= 0.6 is 11.6 Å². The minimum absolute atomic E-state index is 0.0333. The Morgan fingerprint density at radius 2 is 2.26 bits per heavy atom. The summed E-state index contributed by atoms with van der Waals surface area (Å²) < 4.78 is 5.46. The number of aromatic nitrogens is 1. The maximum Gasteiger partial charge on any atom is 0.272 e. The summed E-state index contributed by atoms with van der Waals surface area (Å²) in [6, 6.07) is 3.23. The van der Waals surface area contributed by atoms with Gasteiger partial charge in [-0.3, -0.25) is 9.78 Å². The molecule has 0 unspecified atom stereocenters. The summed E-state index contributed by atoms with van der Waals surface area (Å²) in [5.74, 6) is -0.0943. The molecule has 1 saturated heterocycles. The van der Waals surface area contributed by atoms with Crippen LogP contribution in [0.2, 0.25) is 5.02 Å². The number of piperidine rings is 1. The summed E-state index contributed by atoms with van der Waals surface area (Å²) in [5, 5.41) is 9.21. The van der Waals surface area contributed by atoms with Crippen LogP contribution in [-0.4, -0.2) is 53.3 Å². The Bertz CT molecular complexity index is 434. The van der Waals surface area contributed by atoms with E-state index < -0.39 is 0 Å². The summed E-state index contributed by atoms with van der Waals surface area (Å²) in [6.07, 6.45) is 3.23. The number of aliphatic hydroxyl groups excluding tert-OH is 1. The average molecular weight is 285 g/mol. The van der Waals surface area contributed by atoms with Crippen molar-refractivity contribution in [3.63, 3.8) is 0 Å². The molecule has 0 atom stereocenters. The van der Waals surface area contributed by atoms with Gasteiger partial charge in [-0.1, -0.05) is 11.6 Å². The molecule has 19 heavy (non-hydrogen) atoms. The van der Waals surface area contributed by atoms with Crippen LogP contribution in [0.5, 0.6) is 0 Å². The predicted octanol–water partition coefficient (Wildman–Crippen LogP) is 1.35. The summed E-state index contributed by atoms with van der Waals surface area (Å²) >= 11 is 5.85. The zero-order valence-corrected chi connectivity index (χ0v) is 11.3. The van der Waals surface area contributed by atoms with Gasteiger partial charge in [0.1, 0.15) is 5.69 Å². The number of hydrogen-bond acceptors (Lipinski definition) is 4. The number of hydrogen-bond donors (Lipinski definition) is 1. The van der Waals surface area contributed by atoms with Crippen molar-refractivity contribution in [3.05, 3.63) is 29.0 Å². The van der Waals surface area contributed by atoms with Gasteiger partial charge in [0.2, 0.25) is 0 Å². The lowest BCUT2D eigenvalue weighted by Crippen LogP contribution is -2.41. The second-order valence-electron chi connectivity index (χ2n) is 4.45. The van der Waals surface area contributed by atoms with E-state index in [9.17, 15) is 4.79 Å². The zero-order chi connectivity index (χ0) is 13.7. The number of ether oxygens (including phenoxy) is 1. The number of likely N-dealkylation sites (tertiary alicyclic amines) is 1. The Morgan fingerprint density at radius 1 is 1.53 bits per heavy atom. The van der Waals surface area contributed by atoms with Crippen molar-refractivity contribution in [2.45, 2.75) is 18.9 Å². The van der Waals surface area contributed by atoms with Gasteiger partial charge in [-0.15, -0.1) is 0 Å². The summed E-state index contributed by atoms with van der Waals surface area (Å²) in [5.41, 5.74) is 0.377. The van der Waals surface area contributed by atoms with Crippen LogP contribution in [0.15, 0.2) is 18.3 Å². The van der Waals surface area contributed by atoms with E-state index in [1.54, 1.807) is 17.0 Å². The van der Waals surface area contributed by atoms with Crippen molar-refractivity contribution in [2.75, 3.05) is 26.3 Å². The van der Waals surface area contributed by atoms with E-state index in [1.165, 1.54) is 6.20 Å². The van der Waals surface area contributed by atoms with E-state index in [4.69, 9.17) is 21.4 Å². The molecule has 0 aromatic carbocycles. The lowest BCUT2D eigenvalue weighted by molar-refractivity contribution is -0.00564. The van der Waals surface area contributed by atoms with Gasteiger partial charge in [0.05, 0.1) is 19.3 Å². The summed E-state index contributed by atoms with van der Waals surface area (Å²) in [7, 11) is 0. The molecule has 5 nitrogen and oxygen atoms in total. The highest BCUT2D eigenvalue weighted by molar-refractivity contribution is 6.30. The van der Waals surface area contributed by atoms with Crippen LogP contribution < -0.4 is 0 Å². The van der Waals surface area contributed by atoms with Crippen LogP contribution in [0.3, 0.4) is 0 Å². The number of pyridine rings is 1. The smallest absolute Gasteiger partial charge is 0.272 e. The van der Waals surface area contributed by atoms with Gasteiger partial charge in [0.15, 0.2) is 0 Å². The highest BCUT2D eigenvalue weighted by Crippen LogP contribution is 2.17. The fourth-order valence-corrected chi connectivity index (χ4v) is 2.29. The van der Waals surface area contributed by atoms with E-state index in [0.29, 0.717) is 30.4 Å². The van der Waals surface area contributed by atoms with E-state index in [0.717, 1.165) is 12.8 Å². The predicted molar refractivity (Wildman–Crippen MR) is 71.2 cm³/mol. The quantitative estimate of drug-likeness (QED) is 0.906. The molecule has 0 bridgehead atoms. The number of nitrogens with zero attached hydrogens (tertiary/aromatic N) is 2. The highest BCUT2D eigenvalue weighted by Gasteiger charge is 2.24. The van der Waals surface area contributed by atoms with Gasteiger partial charge in [-0.25, -0.2) is 0 Å². The molecule has 1 amide bonds. The van der Waals surface area contributed by atoms with Crippen LogP contribution in [-0.2, 0) is 4.74 Å². The first kappa shape index (κ1) is 14.2. The van der Waals surface area contributed by atoms with Crippen molar-refractivity contribution in [1.82, 2.24) is 9.88 Å². The van der Waals surface area contributed by atoms with E-state index >= 15 is 0 Å². The van der Waals surface area contributed by atoms with Crippen LogP contribution in [0, 0.1) is 0 Å². The summed E-state index contributed by atoms with van der Waals surface area (Å²) in [6.45, 7) is 1.67. The SMILES string of the molecule is O=C(c1cc(Cl)ccn1)N1CCC(OCCO)CC1. The topological polar surface area (TPSA) is 62.7 Å². The molecular formula is C13H17ClN2O3. The highest BCUT2D eigenvalue weighted by atomic mass is 35.5. The van der Waals surface area contributed by atoms with E-state index in [2.05, 4.69) is 4.98 Å². The van der Waals surface area contributed by atoms with Crippen molar-refractivity contribution >= 4 is 17.5 Å². The third-order valence-corrected chi connectivity index (χ3v) is 3.35. The number of carbonyl (C=O) groups excluding carboxylic acids is 1. The number of rotatable bonds is 4. The number of amides is 1. The Hall–Kier alpha value is -1.17. The van der Waals surface area contributed by atoms with Crippen molar-refractivity contribution in [1.29, 1.82) is 0 Å². The fourth-order valence-electron chi connectivity index (χ4n) is 2.13. The largest absolute Gasteiger partial charge is 0.394 e. The van der Waals surface area contributed by atoms with Gasteiger partial charge >= 0.3 is 0 Å². The maximum absolute atomic E-state index is 12.2. The molecule has 1 N–H and O–H groups in total. The van der Waals surface area contributed by atoms with Crippen LogP contribution in [0.1, 0.15) is 23.3 Å². The Morgan fingerprint density at radius 3 is 2.89 bits per heavy atom. The summed E-state index contributed by atoms with van der Waals surface area (Å²) in [4.78, 5) is 18.0. The van der Waals surface area contributed by atoms with Crippen LogP contribution in [0.4, 0.5) is 0 Å². The van der Waals surface area contributed by atoms with Crippen molar-refractivity contribution in [3.8, 4) is 0 Å². The molecule has 1 fully saturated rings. The maximum atomic E-state index is 12.2. The number of carbonyl (C=O) groups is 1. The second-order valence-corrected chi connectivity index (χ2v) is 4.88. The third kappa shape index (κ3) is 3.89. The molecule has 1 aromatic heterocycles. The van der Waals surface area contributed by atoms with Gasteiger partial charge in [0, 0.05) is 24.3 Å². The molecule has 0 radical (unpaired) electrons. The molecule has 2 heterocycles. The van der Waals surface area contributed by atoms with Gasteiger partial charge < -0.3 is 14.7 Å². The van der Waals surface area contributed by atoms with E-state index in [1.807, 2.05) is 0 Å². The number of halogens is 1. The molecule has 1 aliphatic rings. The first-order valence-corrected chi connectivity index (χ1v) is 6.72. The third-order valence-electron chi connectivity index (χ3n) is 3.12. The molecule has 1 aromatic rings. The average Bonchev–Trinajstić information content (AvgIpc) is 2.45. The molecule has 2 rings (SSSR count).